The van der Waals surface area contributed by atoms with Crippen LogP contribution in [0.2, 0.25) is 5.15 Å². The first-order valence-corrected chi connectivity index (χ1v) is 3.96. The van der Waals surface area contributed by atoms with Crippen LogP contribution < -0.4 is 0 Å². The zero-order chi connectivity index (χ0) is 11.6. The Labute approximate surface area is 87.7 Å². The van der Waals surface area contributed by atoms with Crippen molar-refractivity contribution in [3.05, 3.63) is 28.0 Å². The van der Waals surface area contributed by atoms with Gasteiger partial charge in [-0.3, -0.25) is 0 Å². The number of aromatic carboxylic acids is 1. The van der Waals surface area contributed by atoms with Crippen LogP contribution in [0.25, 0.3) is 0 Å². The van der Waals surface area contributed by atoms with Gasteiger partial charge in [-0.05, 0) is 0 Å². The average Bonchev–Trinajstić information content (AvgIpc) is 2.16. The van der Waals surface area contributed by atoms with E-state index in [2.05, 4.69) is 4.98 Å². The molecule has 0 saturated carbocycles. The van der Waals surface area contributed by atoms with Crippen LogP contribution in [0.4, 0.5) is 8.78 Å². The normalized spacial score (nSPS) is 10.1. The summed E-state index contributed by atoms with van der Waals surface area (Å²) < 4.78 is 25.0. The maximum atomic E-state index is 12.5. The summed E-state index contributed by atoms with van der Waals surface area (Å²) in [5.41, 5.74) is -2.22. The Balaban J connectivity index is 3.60. The molecule has 0 saturated heterocycles. The lowest BCUT2D eigenvalue weighted by atomic mass is 10.1. The minimum Gasteiger partial charge on any atom is -0.478 e. The third-order valence-corrected chi connectivity index (χ3v) is 1.91. The largest absolute Gasteiger partial charge is 0.478 e. The second-order valence-corrected chi connectivity index (χ2v) is 2.83. The van der Waals surface area contributed by atoms with E-state index >= 15 is 0 Å². The summed E-state index contributed by atoms with van der Waals surface area (Å²) in [5.74, 6) is -1.64. The van der Waals surface area contributed by atoms with E-state index in [0.717, 1.165) is 6.20 Å². The summed E-state index contributed by atoms with van der Waals surface area (Å²) in [6.45, 7) is 0. The van der Waals surface area contributed by atoms with Gasteiger partial charge in [-0.15, -0.1) is 0 Å². The van der Waals surface area contributed by atoms with Crippen LogP contribution in [-0.2, 0) is 0 Å². The number of rotatable bonds is 2. The molecule has 1 N–H and O–H groups in total. The number of hydrogen-bond acceptors (Lipinski definition) is 3. The second kappa shape index (κ2) is 4.19. The van der Waals surface area contributed by atoms with Gasteiger partial charge < -0.3 is 5.11 Å². The van der Waals surface area contributed by atoms with Gasteiger partial charge in [0.2, 0.25) is 0 Å². The van der Waals surface area contributed by atoms with Gasteiger partial charge in [-0.2, -0.15) is 5.26 Å². The van der Waals surface area contributed by atoms with Crippen LogP contribution in [0.1, 0.15) is 27.9 Å². The van der Waals surface area contributed by atoms with E-state index in [0.29, 0.717) is 0 Å². The van der Waals surface area contributed by atoms with Crippen LogP contribution in [0.15, 0.2) is 6.20 Å². The smallest absolute Gasteiger partial charge is 0.339 e. The number of pyridine rings is 1. The van der Waals surface area contributed by atoms with Crippen LogP contribution in [0, 0.1) is 11.3 Å². The standard InChI is InChI=1S/C8H3ClF2N2O2/c9-6-5(8(14)15)4(7(10)11)3(1-12)2-13-6/h2,7H,(H,14,15). The van der Waals surface area contributed by atoms with Crippen molar-refractivity contribution in [2.75, 3.05) is 0 Å². The minimum atomic E-state index is -3.09. The van der Waals surface area contributed by atoms with Crippen molar-refractivity contribution in [1.82, 2.24) is 4.98 Å². The van der Waals surface area contributed by atoms with E-state index < -0.39 is 34.2 Å². The van der Waals surface area contributed by atoms with Crippen LogP contribution in [0.5, 0.6) is 0 Å². The quantitative estimate of drug-likeness (QED) is 0.794. The fourth-order valence-corrected chi connectivity index (χ4v) is 1.25. The molecule has 1 aromatic rings. The number of carboxylic acids is 1. The molecule has 0 atom stereocenters. The first kappa shape index (κ1) is 11.3. The maximum absolute atomic E-state index is 12.5. The summed E-state index contributed by atoms with van der Waals surface area (Å²) in [4.78, 5) is 14.0. The summed E-state index contributed by atoms with van der Waals surface area (Å²) in [6.07, 6.45) is -2.28. The molecular formula is C8H3ClF2N2O2. The Bertz CT molecular complexity index is 457. The molecule has 78 valence electrons. The highest BCUT2D eigenvalue weighted by molar-refractivity contribution is 6.32. The lowest BCUT2D eigenvalue weighted by Gasteiger charge is -2.07. The third kappa shape index (κ3) is 2.02. The first-order valence-electron chi connectivity index (χ1n) is 3.59. The number of carbonyl (C=O) groups is 1. The molecule has 4 nitrogen and oxygen atoms in total. The van der Waals surface area contributed by atoms with Crippen LogP contribution in [-0.4, -0.2) is 16.1 Å². The Kier molecular flexibility index (Phi) is 3.17. The minimum absolute atomic E-state index is 0.494. The zero-order valence-electron chi connectivity index (χ0n) is 7.04. The number of hydrogen-bond donors (Lipinski definition) is 1. The molecule has 0 aromatic carbocycles. The first-order chi connectivity index (χ1) is 6.99. The number of aromatic nitrogens is 1. The molecule has 7 heteroatoms. The SMILES string of the molecule is N#Cc1cnc(Cl)c(C(=O)O)c1C(F)F. The van der Waals surface area contributed by atoms with Crippen LogP contribution >= 0.6 is 11.6 Å². The van der Waals surface area contributed by atoms with E-state index in [1.54, 1.807) is 0 Å². The Morgan fingerprint density at radius 2 is 2.27 bits per heavy atom. The highest BCUT2D eigenvalue weighted by Crippen LogP contribution is 2.29. The van der Waals surface area contributed by atoms with E-state index in [1.165, 1.54) is 6.07 Å². The fraction of sp³-hybridized carbons (Fsp3) is 0.125. The highest BCUT2D eigenvalue weighted by Gasteiger charge is 2.25. The molecule has 0 amide bonds. The lowest BCUT2D eigenvalue weighted by Crippen LogP contribution is -2.08. The topological polar surface area (TPSA) is 74.0 Å². The number of carboxylic acid groups (broad SMARTS) is 1. The number of alkyl halides is 2. The predicted octanol–water partition coefficient (Wildman–Crippen LogP) is 2.24. The van der Waals surface area contributed by atoms with Crippen molar-refractivity contribution in [3.8, 4) is 6.07 Å². The van der Waals surface area contributed by atoms with Gasteiger partial charge in [0.05, 0.1) is 11.1 Å². The predicted molar refractivity (Wildman–Crippen MR) is 45.9 cm³/mol. The molecule has 0 aliphatic carbocycles. The summed E-state index contributed by atoms with van der Waals surface area (Å²) >= 11 is 5.36. The monoisotopic (exact) mass is 232 g/mol. The average molecular weight is 233 g/mol. The van der Waals surface area contributed by atoms with Gasteiger partial charge in [0.15, 0.2) is 0 Å². The number of nitrogens with zero attached hydrogens (tertiary/aromatic N) is 2. The summed E-state index contributed by atoms with van der Waals surface area (Å²) in [7, 11) is 0. The van der Waals surface area contributed by atoms with E-state index in [1.807, 2.05) is 0 Å². The zero-order valence-corrected chi connectivity index (χ0v) is 7.79. The molecular weight excluding hydrogens is 230 g/mol. The van der Waals surface area contributed by atoms with E-state index in [4.69, 9.17) is 22.0 Å². The molecule has 0 spiro atoms. The van der Waals surface area contributed by atoms with Crippen molar-refractivity contribution in [1.29, 1.82) is 5.26 Å². The lowest BCUT2D eigenvalue weighted by molar-refractivity contribution is 0.0684. The molecule has 0 fully saturated rings. The molecule has 1 aromatic heterocycles. The Hall–Kier alpha value is -1.74. The van der Waals surface area contributed by atoms with Gasteiger partial charge >= 0.3 is 5.97 Å². The third-order valence-electron chi connectivity index (χ3n) is 1.63. The molecule has 0 bridgehead atoms. The van der Waals surface area contributed by atoms with Gasteiger partial charge in [-0.25, -0.2) is 18.6 Å². The highest BCUT2D eigenvalue weighted by atomic mass is 35.5. The van der Waals surface area contributed by atoms with Crippen molar-refractivity contribution in [2.45, 2.75) is 6.43 Å². The van der Waals surface area contributed by atoms with Gasteiger partial charge in [0.1, 0.15) is 16.8 Å². The second-order valence-electron chi connectivity index (χ2n) is 2.47. The molecule has 1 heterocycles. The van der Waals surface area contributed by atoms with Crippen LogP contribution in [0.3, 0.4) is 0 Å². The summed E-state index contributed by atoms with van der Waals surface area (Å²) in [6, 6.07) is 1.43. The summed E-state index contributed by atoms with van der Waals surface area (Å²) in [5, 5.41) is 16.6. The van der Waals surface area contributed by atoms with Gasteiger partial charge in [0.25, 0.3) is 6.43 Å². The fourth-order valence-electron chi connectivity index (χ4n) is 1.02. The molecule has 15 heavy (non-hydrogen) atoms. The Morgan fingerprint density at radius 3 is 2.67 bits per heavy atom. The van der Waals surface area contributed by atoms with Crippen molar-refractivity contribution < 1.29 is 18.7 Å². The van der Waals surface area contributed by atoms with Crippen molar-refractivity contribution >= 4 is 17.6 Å². The van der Waals surface area contributed by atoms with E-state index in [9.17, 15) is 13.6 Å². The van der Waals surface area contributed by atoms with Crippen molar-refractivity contribution in [2.24, 2.45) is 0 Å². The molecule has 0 unspecified atom stereocenters. The molecule has 1 rings (SSSR count). The van der Waals surface area contributed by atoms with Gasteiger partial charge in [0, 0.05) is 6.20 Å². The van der Waals surface area contributed by atoms with Crippen molar-refractivity contribution in [3.63, 3.8) is 0 Å². The molecule has 0 aliphatic heterocycles. The Morgan fingerprint density at radius 1 is 1.67 bits per heavy atom. The maximum Gasteiger partial charge on any atom is 0.339 e. The molecule has 0 aliphatic rings. The number of nitriles is 1. The van der Waals surface area contributed by atoms with E-state index in [-0.39, 0.29) is 0 Å². The number of halogens is 3. The molecule has 0 radical (unpaired) electrons. The van der Waals surface area contributed by atoms with Gasteiger partial charge in [-0.1, -0.05) is 11.6 Å².